The van der Waals surface area contributed by atoms with Gasteiger partial charge in [0, 0.05) is 32.6 Å². The number of ether oxygens (including phenoxy) is 6. The summed E-state index contributed by atoms with van der Waals surface area (Å²) in [5.74, 6) is -7.37. The maximum absolute atomic E-state index is 13.7. The summed E-state index contributed by atoms with van der Waals surface area (Å²) in [6.45, 7) is -8.10. The zero-order valence-electron chi connectivity index (χ0n) is 35.8. The molecule has 32 nitrogen and oxygen atoms in total. The molecule has 4 rings (SSSR count). The fourth-order valence-electron chi connectivity index (χ4n) is 6.80. The summed E-state index contributed by atoms with van der Waals surface area (Å²) in [6, 6.07) is -5.16. The van der Waals surface area contributed by atoms with E-state index in [0.29, 0.717) is 0 Å². The Morgan fingerprint density at radius 2 is 0.750 bits per heavy atom. The number of hydrogen-bond donors (Lipinski definition) is 19. The van der Waals surface area contributed by atoms with E-state index in [1.54, 1.807) is 0 Å². The first-order valence-corrected chi connectivity index (χ1v) is 20.9. The van der Waals surface area contributed by atoms with Crippen molar-refractivity contribution in [3.8, 4) is 0 Å². The predicted octanol–water partition coefficient (Wildman–Crippen LogP) is -14.2. The summed E-state index contributed by atoms with van der Waals surface area (Å²) >= 11 is 0. The first-order chi connectivity index (χ1) is 32.2. The lowest BCUT2D eigenvalue weighted by Gasteiger charge is -2.39. The molecule has 32 heteroatoms. The molecule has 0 aliphatic carbocycles. The molecule has 0 spiro atoms. The Labute approximate surface area is 384 Å². The topological polar surface area (TPSA) is 502 Å². The van der Waals surface area contributed by atoms with Crippen LogP contribution in [-0.2, 0) is 62.0 Å². The minimum atomic E-state index is -1.93. The summed E-state index contributed by atoms with van der Waals surface area (Å²) in [7, 11) is 0. The van der Waals surface area contributed by atoms with Gasteiger partial charge in [0.05, 0.1) is 19.8 Å². The van der Waals surface area contributed by atoms with Crippen LogP contribution in [-0.4, -0.2) is 279 Å². The normalized spacial score (nSPS) is 37.9. The maximum atomic E-state index is 13.7. The zero-order valence-corrected chi connectivity index (χ0v) is 35.8. The third kappa shape index (κ3) is 15.3. The maximum Gasteiger partial charge on any atom is 0.246 e. The van der Waals surface area contributed by atoms with Crippen LogP contribution in [0.5, 0.6) is 0 Å². The molecule has 388 valence electrons. The fourth-order valence-corrected chi connectivity index (χ4v) is 6.80. The van der Waals surface area contributed by atoms with E-state index in [2.05, 4.69) is 37.2 Å². The molecule has 0 aromatic heterocycles. The number of nitrogens with one attached hydrogen (secondary N) is 7. The first kappa shape index (κ1) is 56.2. The summed E-state index contributed by atoms with van der Waals surface area (Å²) in [5, 5.41) is 135. The Morgan fingerprint density at radius 3 is 1.06 bits per heavy atom. The summed E-state index contributed by atoms with van der Waals surface area (Å²) in [4.78, 5) is 92.4. The number of aliphatic hydroxyl groups is 12. The molecular formula is C36H59N7O25. The van der Waals surface area contributed by atoms with Crippen molar-refractivity contribution in [1.82, 2.24) is 37.2 Å². The van der Waals surface area contributed by atoms with Gasteiger partial charge in [-0.15, -0.1) is 0 Å². The zero-order chi connectivity index (χ0) is 50.4. The monoisotopic (exact) mass is 989 g/mol. The van der Waals surface area contributed by atoms with Crippen LogP contribution in [0.25, 0.3) is 0 Å². The van der Waals surface area contributed by atoms with Gasteiger partial charge in [0.1, 0.15) is 111 Å². The van der Waals surface area contributed by atoms with Crippen LogP contribution in [0.1, 0.15) is 6.42 Å². The Kier molecular flexibility index (Phi) is 21.9. The molecule has 7 amide bonds. The van der Waals surface area contributed by atoms with Gasteiger partial charge in [-0.05, 0) is 0 Å². The lowest BCUT2D eigenvalue weighted by Crippen LogP contribution is -2.61. The van der Waals surface area contributed by atoms with Gasteiger partial charge in [-0.25, -0.2) is 0 Å². The van der Waals surface area contributed by atoms with Crippen molar-refractivity contribution in [2.75, 3.05) is 65.8 Å². The van der Waals surface area contributed by atoms with Gasteiger partial charge in [0.2, 0.25) is 41.4 Å². The Hall–Kier alpha value is -4.43. The SMILES string of the molecule is O=C1CCNC(=O)[C@@H](NC(=O)CO[C@H]2O[C@H](CO)[C@@H](O)[C@H](O)[C@@H]2O)CNC(=O)[C@@H](NC(=O)CO[C@@H]2O[C@H](CO)[C@@H](O)[C@H](O)[C@H]2O)CNC(=O)[C@@H](NC(=O)CO[C@@H]2O[C@H](CO)[C@H](O)[C@H](O)[C@H]2O)CN1. The van der Waals surface area contributed by atoms with Gasteiger partial charge < -0.3 is 127 Å². The molecule has 4 aliphatic rings. The number of amides is 7. The summed E-state index contributed by atoms with van der Waals surface area (Å²) < 4.78 is 31.2. The average Bonchev–Trinajstić information content (AvgIpc) is 3.31. The van der Waals surface area contributed by atoms with E-state index in [9.17, 15) is 94.8 Å². The quantitative estimate of drug-likeness (QED) is 0.0724. The van der Waals surface area contributed by atoms with Crippen LogP contribution in [0.4, 0.5) is 0 Å². The Bertz CT molecular complexity index is 1660. The molecule has 0 aromatic carbocycles. The Balaban J connectivity index is 1.48. The molecule has 4 saturated heterocycles. The largest absolute Gasteiger partial charge is 0.394 e. The van der Waals surface area contributed by atoms with Crippen molar-refractivity contribution in [2.24, 2.45) is 0 Å². The third-order valence-corrected chi connectivity index (χ3v) is 10.8. The highest BCUT2D eigenvalue weighted by Crippen LogP contribution is 2.24. The molecule has 0 unspecified atom stereocenters. The van der Waals surface area contributed by atoms with Crippen LogP contribution in [0.15, 0.2) is 0 Å². The van der Waals surface area contributed by atoms with E-state index >= 15 is 0 Å². The minimum Gasteiger partial charge on any atom is -0.394 e. The first-order valence-electron chi connectivity index (χ1n) is 20.9. The van der Waals surface area contributed by atoms with E-state index in [4.69, 9.17) is 28.4 Å². The van der Waals surface area contributed by atoms with Crippen LogP contribution in [0, 0.1) is 0 Å². The molecule has 18 atom stereocenters. The summed E-state index contributed by atoms with van der Waals surface area (Å²) in [5.41, 5.74) is 0. The van der Waals surface area contributed by atoms with Gasteiger partial charge in [0.25, 0.3) is 0 Å². The highest BCUT2D eigenvalue weighted by atomic mass is 16.7. The third-order valence-electron chi connectivity index (χ3n) is 10.8. The van der Waals surface area contributed by atoms with Crippen LogP contribution in [0.3, 0.4) is 0 Å². The van der Waals surface area contributed by atoms with Crippen molar-refractivity contribution in [2.45, 2.75) is 117 Å². The van der Waals surface area contributed by atoms with E-state index in [0.717, 1.165) is 0 Å². The van der Waals surface area contributed by atoms with Crippen LogP contribution >= 0.6 is 0 Å². The van der Waals surface area contributed by atoms with E-state index in [-0.39, 0.29) is 0 Å². The molecule has 4 aliphatic heterocycles. The van der Waals surface area contributed by atoms with Gasteiger partial charge in [-0.2, -0.15) is 0 Å². The van der Waals surface area contributed by atoms with E-state index in [1.807, 2.05) is 0 Å². The van der Waals surface area contributed by atoms with Crippen LogP contribution in [0.2, 0.25) is 0 Å². The predicted molar refractivity (Wildman–Crippen MR) is 212 cm³/mol. The molecule has 4 fully saturated rings. The number of aliphatic hydroxyl groups excluding tert-OH is 12. The number of hydrogen-bond acceptors (Lipinski definition) is 25. The molecule has 19 N–H and O–H groups in total. The van der Waals surface area contributed by atoms with Crippen molar-refractivity contribution in [1.29, 1.82) is 0 Å². The molecule has 0 radical (unpaired) electrons. The molecule has 0 saturated carbocycles. The molecular weight excluding hydrogens is 930 g/mol. The highest BCUT2D eigenvalue weighted by Gasteiger charge is 2.47. The molecule has 0 aromatic rings. The van der Waals surface area contributed by atoms with E-state index in [1.165, 1.54) is 0 Å². The lowest BCUT2D eigenvalue weighted by molar-refractivity contribution is -0.299. The summed E-state index contributed by atoms with van der Waals surface area (Å²) in [6.07, 6.45) is -26.5. The lowest BCUT2D eigenvalue weighted by atomic mass is 9.99. The molecule has 0 bridgehead atoms. The molecule has 4 heterocycles. The Morgan fingerprint density at radius 1 is 0.456 bits per heavy atom. The second kappa shape index (κ2) is 26.5. The van der Waals surface area contributed by atoms with Gasteiger partial charge in [-0.1, -0.05) is 0 Å². The van der Waals surface area contributed by atoms with Crippen molar-refractivity contribution in [3.63, 3.8) is 0 Å². The van der Waals surface area contributed by atoms with Gasteiger partial charge in [0.15, 0.2) is 18.9 Å². The second-order valence-electron chi connectivity index (χ2n) is 15.7. The van der Waals surface area contributed by atoms with Crippen molar-refractivity contribution < 1.29 is 123 Å². The van der Waals surface area contributed by atoms with Crippen LogP contribution < -0.4 is 37.2 Å². The number of carbonyl (C=O) groups is 7. The second-order valence-corrected chi connectivity index (χ2v) is 15.7. The van der Waals surface area contributed by atoms with Crippen molar-refractivity contribution in [3.05, 3.63) is 0 Å². The average molecular weight is 990 g/mol. The number of rotatable bonds is 15. The number of carbonyl (C=O) groups excluding carboxylic acids is 7. The minimum absolute atomic E-state index is 0.421. The highest BCUT2D eigenvalue weighted by molar-refractivity contribution is 5.93. The molecule has 68 heavy (non-hydrogen) atoms. The smallest absolute Gasteiger partial charge is 0.246 e. The van der Waals surface area contributed by atoms with Gasteiger partial charge in [-0.3, -0.25) is 33.6 Å². The van der Waals surface area contributed by atoms with Gasteiger partial charge >= 0.3 is 0 Å². The van der Waals surface area contributed by atoms with Crippen molar-refractivity contribution >= 4 is 41.4 Å². The fraction of sp³-hybridized carbons (Fsp3) is 0.806. The standard InChI is InChI=1S/C36H59N7O25/c44-6-15-22(51)25(54)28(57)34(66-15)63-9-19(48)41-12-3-38-18(47)1-2-37-31(60)13(42-20(49)10-64-35-29(58)26(55)23(52)16(7-45)67-35)4-39-33(62)14(5-40-32(12)61)43-21(50)11-65-36-30(59)27(56)24(53)17(8-46)68-36/h12-17,22-30,34-36,44-46,51-59H,1-11H2,(H,37,60)(H,38,47)(H,39,62)(H,40,61)(H,41,48)(H,42,49)(H,43,50)/t12-,13-,14-,15+,16+,17+,22-,23+,24+,25-,26-,27-,28+,29-,30+,34+,35-,36+/m0/s1. The van der Waals surface area contributed by atoms with E-state index < -0.39 is 224 Å².